The van der Waals surface area contributed by atoms with E-state index in [1.807, 2.05) is 17.5 Å². The van der Waals surface area contributed by atoms with Crippen LogP contribution in [0.25, 0.3) is 0 Å². The maximum absolute atomic E-state index is 13.0. The summed E-state index contributed by atoms with van der Waals surface area (Å²) in [5.41, 5.74) is 6.29. The van der Waals surface area contributed by atoms with Gasteiger partial charge in [-0.05, 0) is 68.0 Å². The van der Waals surface area contributed by atoms with Crippen LogP contribution in [-0.4, -0.2) is 29.2 Å². The topological polar surface area (TPSA) is 76.5 Å². The number of aryl methyl sites for hydroxylation is 2. The van der Waals surface area contributed by atoms with Crippen molar-refractivity contribution in [1.29, 1.82) is 0 Å². The molecule has 0 spiro atoms. The third-order valence-electron chi connectivity index (χ3n) is 5.42. The second kappa shape index (κ2) is 11.1. The second-order valence-corrected chi connectivity index (χ2v) is 9.74. The predicted octanol–water partition coefficient (Wildman–Crippen LogP) is 5.73. The number of thiophene rings is 1. The zero-order chi connectivity index (χ0) is 24.1. The van der Waals surface area contributed by atoms with Crippen LogP contribution in [0.3, 0.4) is 0 Å². The third kappa shape index (κ3) is 5.79. The van der Waals surface area contributed by atoms with Crippen LogP contribution in [0.15, 0.2) is 39.9 Å². The maximum Gasteiger partial charge on any atom is 0.280 e. The Morgan fingerprint density at radius 2 is 2.12 bits per heavy atom. The van der Waals surface area contributed by atoms with Gasteiger partial charge >= 0.3 is 0 Å². The average molecular weight is 503 g/mol. The lowest BCUT2D eigenvalue weighted by Gasteiger charge is -2.11. The molecule has 1 aliphatic carbocycles. The first kappa shape index (κ1) is 24.3. The second-order valence-electron chi connectivity index (χ2n) is 7.83. The van der Waals surface area contributed by atoms with Crippen molar-refractivity contribution >= 4 is 35.2 Å². The number of methoxy groups -OCH3 is 1. The number of carbonyl (C=O) groups is 1. The number of thioether (sulfide) groups is 1. The smallest absolute Gasteiger partial charge is 0.280 e. The fourth-order valence-corrected chi connectivity index (χ4v) is 5.80. The molecular formula is C24H24F2N4O2S2. The van der Waals surface area contributed by atoms with Crippen LogP contribution in [0.2, 0.25) is 0 Å². The van der Waals surface area contributed by atoms with Crippen molar-refractivity contribution in [1.82, 2.24) is 15.4 Å². The summed E-state index contributed by atoms with van der Waals surface area (Å²) in [6, 6.07) is 6.79. The highest BCUT2D eigenvalue weighted by atomic mass is 32.2. The number of fused-ring (bicyclic) bond motifs is 1. The van der Waals surface area contributed by atoms with Crippen molar-refractivity contribution in [3.63, 3.8) is 0 Å². The summed E-state index contributed by atoms with van der Waals surface area (Å²) in [6.45, 7) is 1.66. The van der Waals surface area contributed by atoms with Gasteiger partial charge in [0.1, 0.15) is 11.4 Å². The Morgan fingerprint density at radius 3 is 2.91 bits per heavy atom. The molecule has 4 rings (SSSR count). The Hall–Kier alpha value is -2.85. The number of benzene rings is 1. The van der Waals surface area contributed by atoms with Gasteiger partial charge in [-0.1, -0.05) is 11.8 Å². The first-order valence-corrected chi connectivity index (χ1v) is 12.7. The maximum atomic E-state index is 13.0. The van der Waals surface area contributed by atoms with Gasteiger partial charge < -0.3 is 4.74 Å². The monoisotopic (exact) mass is 502 g/mol. The minimum absolute atomic E-state index is 0.202. The van der Waals surface area contributed by atoms with E-state index in [2.05, 4.69) is 20.5 Å². The van der Waals surface area contributed by atoms with Gasteiger partial charge in [0.2, 0.25) is 0 Å². The van der Waals surface area contributed by atoms with Crippen LogP contribution in [0.4, 0.5) is 8.78 Å². The minimum Gasteiger partial charge on any atom is -0.496 e. The van der Waals surface area contributed by atoms with Crippen LogP contribution in [0.5, 0.6) is 5.75 Å². The quantitative estimate of drug-likeness (QED) is 0.184. The van der Waals surface area contributed by atoms with Gasteiger partial charge in [0, 0.05) is 27.3 Å². The highest BCUT2D eigenvalue weighted by Crippen LogP contribution is 2.30. The van der Waals surface area contributed by atoms with E-state index in [9.17, 15) is 13.6 Å². The van der Waals surface area contributed by atoms with E-state index in [1.54, 1.807) is 37.7 Å². The summed E-state index contributed by atoms with van der Waals surface area (Å²) in [5, 5.41) is 6.32. The Labute approximate surface area is 204 Å². The fraction of sp³-hybridized carbons (Fsp3) is 0.333. The summed E-state index contributed by atoms with van der Waals surface area (Å²) in [6.07, 6.45) is 3.19. The van der Waals surface area contributed by atoms with Crippen LogP contribution in [0, 0.1) is 6.92 Å². The third-order valence-corrected chi connectivity index (χ3v) is 7.41. The standard InChI is InChI=1S/C24H24F2N4O2S2/c1-14-9-19(22(25)26)29-24(28-14)34-12-16-10-15(7-8-20(16)32-2)11-27-30-23(31)18-13-33-21-6-4-3-5-17(18)21/h7-11,13,22H,3-6,12H2,1-2H3,(H,30,31). The SMILES string of the molecule is COc1ccc(C=NNC(=O)c2csc3c2CCCC3)cc1CSc1nc(C)cc(C(F)F)n1. The van der Waals surface area contributed by atoms with Crippen molar-refractivity contribution < 1.29 is 18.3 Å². The molecule has 0 unspecified atom stereocenters. The number of nitrogens with one attached hydrogen (secondary N) is 1. The lowest BCUT2D eigenvalue weighted by Crippen LogP contribution is -2.19. The molecule has 0 saturated carbocycles. The van der Waals surface area contributed by atoms with Gasteiger partial charge in [0.15, 0.2) is 5.16 Å². The molecule has 34 heavy (non-hydrogen) atoms. The molecule has 10 heteroatoms. The zero-order valence-electron chi connectivity index (χ0n) is 18.8. The van der Waals surface area contributed by atoms with Crippen LogP contribution in [0.1, 0.15) is 62.6 Å². The number of carbonyl (C=O) groups excluding carboxylic acids is 1. The van der Waals surface area contributed by atoms with Crippen LogP contribution >= 0.6 is 23.1 Å². The van der Waals surface area contributed by atoms with Gasteiger partial charge in [0.25, 0.3) is 12.3 Å². The fourth-order valence-electron chi connectivity index (χ4n) is 3.79. The molecule has 0 fully saturated rings. The van der Waals surface area contributed by atoms with Gasteiger partial charge in [0.05, 0.1) is 18.9 Å². The number of aromatic nitrogens is 2. The molecule has 0 radical (unpaired) electrons. The molecule has 178 valence electrons. The van der Waals surface area contributed by atoms with Gasteiger partial charge in [-0.2, -0.15) is 5.10 Å². The summed E-state index contributed by atoms with van der Waals surface area (Å²) in [7, 11) is 1.57. The highest BCUT2D eigenvalue weighted by molar-refractivity contribution is 7.98. The van der Waals surface area contributed by atoms with Crippen molar-refractivity contribution in [3.8, 4) is 5.75 Å². The molecular weight excluding hydrogens is 478 g/mol. The Morgan fingerprint density at radius 1 is 1.29 bits per heavy atom. The van der Waals surface area contributed by atoms with Gasteiger partial charge in [-0.25, -0.2) is 24.2 Å². The van der Waals surface area contributed by atoms with E-state index in [4.69, 9.17) is 4.74 Å². The average Bonchev–Trinajstić information content (AvgIpc) is 3.27. The van der Waals surface area contributed by atoms with Gasteiger partial charge in [-0.15, -0.1) is 11.3 Å². The summed E-state index contributed by atoms with van der Waals surface area (Å²) in [5.74, 6) is 0.872. The number of hydrogen-bond donors (Lipinski definition) is 1. The number of ether oxygens (including phenoxy) is 1. The molecule has 0 saturated heterocycles. The highest BCUT2D eigenvalue weighted by Gasteiger charge is 2.19. The first-order valence-electron chi connectivity index (χ1n) is 10.8. The zero-order valence-corrected chi connectivity index (χ0v) is 20.4. The molecule has 0 aliphatic heterocycles. The molecule has 1 aliphatic rings. The van der Waals surface area contributed by atoms with Crippen molar-refractivity contribution in [2.75, 3.05) is 7.11 Å². The molecule has 6 nitrogen and oxygen atoms in total. The van der Waals surface area contributed by atoms with Crippen molar-refractivity contribution in [2.45, 2.75) is 49.9 Å². The number of rotatable bonds is 8. The van der Waals surface area contributed by atoms with E-state index in [0.717, 1.165) is 36.0 Å². The lowest BCUT2D eigenvalue weighted by atomic mass is 9.96. The molecule has 3 aromatic rings. The normalized spacial score (nSPS) is 13.3. The number of hydrogen-bond acceptors (Lipinski definition) is 7. The molecule has 1 N–H and O–H groups in total. The number of nitrogens with zero attached hydrogens (tertiary/aromatic N) is 3. The van der Waals surface area contributed by atoms with Crippen molar-refractivity contribution in [3.05, 3.63) is 68.2 Å². The predicted molar refractivity (Wildman–Crippen MR) is 130 cm³/mol. The number of amides is 1. The number of alkyl halides is 2. The van der Waals surface area contributed by atoms with Gasteiger partial charge in [-0.3, -0.25) is 4.79 Å². The molecule has 1 amide bonds. The van der Waals surface area contributed by atoms with Crippen LogP contribution in [-0.2, 0) is 18.6 Å². The Kier molecular flexibility index (Phi) is 7.89. The largest absolute Gasteiger partial charge is 0.496 e. The Bertz CT molecular complexity index is 1210. The summed E-state index contributed by atoms with van der Waals surface area (Å²) < 4.78 is 31.5. The van der Waals surface area contributed by atoms with E-state index < -0.39 is 6.43 Å². The number of halogens is 2. The lowest BCUT2D eigenvalue weighted by molar-refractivity contribution is 0.0954. The Balaban J connectivity index is 1.43. The van der Waals surface area contributed by atoms with Crippen LogP contribution < -0.4 is 10.2 Å². The molecule has 2 aromatic heterocycles. The number of hydrazone groups is 1. The molecule has 0 bridgehead atoms. The van der Waals surface area contributed by atoms with Crippen molar-refractivity contribution in [2.24, 2.45) is 5.10 Å². The molecule has 1 aromatic carbocycles. The van der Waals surface area contributed by atoms with E-state index >= 15 is 0 Å². The minimum atomic E-state index is -2.65. The first-order chi connectivity index (χ1) is 16.4. The molecule has 2 heterocycles. The molecule has 0 atom stereocenters. The van der Waals surface area contributed by atoms with E-state index in [1.165, 1.54) is 29.1 Å². The summed E-state index contributed by atoms with van der Waals surface area (Å²) >= 11 is 2.89. The van der Waals surface area contributed by atoms with E-state index in [-0.39, 0.29) is 16.8 Å². The van der Waals surface area contributed by atoms with E-state index in [0.29, 0.717) is 22.8 Å². The summed E-state index contributed by atoms with van der Waals surface area (Å²) in [4.78, 5) is 22.1.